The minimum atomic E-state index is -0.468. The van der Waals surface area contributed by atoms with Gasteiger partial charge in [-0.2, -0.15) is 0 Å². The highest BCUT2D eigenvalue weighted by atomic mass is 16.3. The number of carbonyl (C=O) groups excluding carboxylic acids is 1. The fraction of sp³-hybridized carbons (Fsp3) is 0.750. The molecular weight excluding hydrogens is 122 g/mol. The summed E-state index contributed by atoms with van der Waals surface area (Å²) in [5, 5.41) is 7.75. The van der Waals surface area contributed by atoms with Gasteiger partial charge in [0.1, 0.15) is 0 Å². The first-order valence-corrected chi connectivity index (χ1v) is 2.48. The van der Waals surface area contributed by atoms with Gasteiger partial charge in [-0.1, -0.05) is 0 Å². The highest BCUT2D eigenvalue weighted by Crippen LogP contribution is 1.36. The SMILES string of the molecule is NCC(N)=O.NCCO. The number of hydrogen-bond donors (Lipinski definition) is 4. The third kappa shape index (κ3) is 38.1. The second-order valence-corrected chi connectivity index (χ2v) is 1.18. The van der Waals surface area contributed by atoms with Crippen molar-refractivity contribution in [2.45, 2.75) is 0 Å². The molecule has 0 unspecified atom stereocenters. The minimum absolute atomic E-state index is 0.0556. The van der Waals surface area contributed by atoms with Gasteiger partial charge in [0.25, 0.3) is 0 Å². The van der Waals surface area contributed by atoms with Crippen molar-refractivity contribution in [2.75, 3.05) is 19.7 Å². The van der Waals surface area contributed by atoms with Crippen LogP contribution in [0.4, 0.5) is 0 Å². The van der Waals surface area contributed by atoms with Crippen LogP contribution in [0.3, 0.4) is 0 Å². The van der Waals surface area contributed by atoms with Crippen LogP contribution in [0.5, 0.6) is 0 Å². The zero-order valence-corrected chi connectivity index (χ0v) is 5.21. The van der Waals surface area contributed by atoms with Gasteiger partial charge in [0.05, 0.1) is 13.2 Å². The molecule has 0 saturated carbocycles. The first-order valence-electron chi connectivity index (χ1n) is 2.48. The lowest BCUT2D eigenvalue weighted by molar-refractivity contribution is -0.116. The lowest BCUT2D eigenvalue weighted by Gasteiger charge is -1.74. The number of carbonyl (C=O) groups is 1. The average Bonchev–Trinajstić information content (AvgIpc) is 1.89. The van der Waals surface area contributed by atoms with E-state index in [1.807, 2.05) is 0 Å². The van der Waals surface area contributed by atoms with Gasteiger partial charge in [0, 0.05) is 6.54 Å². The summed E-state index contributed by atoms with van der Waals surface area (Å²) in [6.45, 7) is 0.417. The lowest BCUT2D eigenvalue weighted by atomic mass is 10.7. The van der Waals surface area contributed by atoms with Crippen molar-refractivity contribution in [1.29, 1.82) is 0 Å². The molecule has 0 spiro atoms. The molecule has 5 heteroatoms. The van der Waals surface area contributed by atoms with Gasteiger partial charge in [-0.3, -0.25) is 4.79 Å². The van der Waals surface area contributed by atoms with Crippen LogP contribution in [0.15, 0.2) is 0 Å². The fourth-order valence-corrected chi connectivity index (χ4v) is 0. The molecule has 0 atom stereocenters. The maximum Gasteiger partial charge on any atom is 0.231 e. The van der Waals surface area contributed by atoms with Crippen LogP contribution in [0.1, 0.15) is 0 Å². The lowest BCUT2D eigenvalue weighted by Crippen LogP contribution is -2.21. The van der Waals surface area contributed by atoms with Gasteiger partial charge in [0.2, 0.25) is 5.91 Å². The molecule has 0 fully saturated rings. The molecule has 56 valence electrons. The van der Waals surface area contributed by atoms with E-state index in [-0.39, 0.29) is 13.2 Å². The quantitative estimate of drug-likeness (QED) is 0.331. The molecule has 5 nitrogen and oxygen atoms in total. The molecular formula is C4H13N3O2. The molecule has 0 heterocycles. The average molecular weight is 135 g/mol. The number of primary amides is 1. The van der Waals surface area contributed by atoms with Gasteiger partial charge in [0.15, 0.2) is 0 Å². The maximum atomic E-state index is 9.47. The Hall–Kier alpha value is -0.650. The molecule has 0 aromatic carbocycles. The van der Waals surface area contributed by atoms with E-state index in [0.717, 1.165) is 0 Å². The van der Waals surface area contributed by atoms with Crippen molar-refractivity contribution >= 4 is 5.91 Å². The number of nitrogens with two attached hydrogens (primary N) is 3. The molecule has 0 aromatic rings. The molecule has 7 N–H and O–H groups in total. The minimum Gasteiger partial charge on any atom is -0.395 e. The third-order valence-corrected chi connectivity index (χ3v) is 0.330. The van der Waals surface area contributed by atoms with Crippen LogP contribution < -0.4 is 17.2 Å². The van der Waals surface area contributed by atoms with Crippen molar-refractivity contribution in [3.05, 3.63) is 0 Å². The number of amides is 1. The second kappa shape index (κ2) is 10.4. The Morgan fingerprint density at radius 1 is 1.44 bits per heavy atom. The summed E-state index contributed by atoms with van der Waals surface area (Å²) in [6.07, 6.45) is 0. The predicted octanol–water partition coefficient (Wildman–Crippen LogP) is -2.63. The largest absolute Gasteiger partial charge is 0.395 e. The first kappa shape index (κ1) is 11.2. The summed E-state index contributed by atoms with van der Waals surface area (Å²) in [5.41, 5.74) is 14.0. The highest BCUT2D eigenvalue weighted by molar-refractivity contribution is 5.75. The number of hydrogen-bond acceptors (Lipinski definition) is 4. The number of aliphatic hydroxyl groups is 1. The summed E-state index contributed by atoms with van der Waals surface area (Å²) < 4.78 is 0. The zero-order valence-electron chi connectivity index (χ0n) is 5.21. The Balaban J connectivity index is 0. The Bertz CT molecular complexity index is 64.8. The van der Waals surface area contributed by atoms with Gasteiger partial charge in [-0.25, -0.2) is 0 Å². The van der Waals surface area contributed by atoms with E-state index >= 15 is 0 Å². The molecule has 0 aliphatic carbocycles. The standard InChI is InChI=1S/C2H6N2O.C2H7NO/c3-1-2(4)5;3-1-2-4/h1,3H2,(H2,4,5);4H,1-3H2. The molecule has 0 rings (SSSR count). The maximum absolute atomic E-state index is 9.47. The summed E-state index contributed by atoms with van der Waals surface area (Å²) in [7, 11) is 0. The number of rotatable bonds is 2. The van der Waals surface area contributed by atoms with Crippen LogP contribution in [0, 0.1) is 0 Å². The normalized spacial score (nSPS) is 7.44. The topological polar surface area (TPSA) is 115 Å². The highest BCUT2D eigenvalue weighted by Gasteiger charge is 1.77. The van der Waals surface area contributed by atoms with E-state index in [2.05, 4.69) is 5.73 Å². The molecule has 0 aliphatic heterocycles. The molecule has 0 radical (unpaired) electrons. The molecule has 0 bridgehead atoms. The fourth-order valence-electron chi connectivity index (χ4n) is 0. The molecule has 1 amide bonds. The van der Waals surface area contributed by atoms with Crippen LogP contribution in [0.25, 0.3) is 0 Å². The van der Waals surface area contributed by atoms with E-state index in [0.29, 0.717) is 6.54 Å². The van der Waals surface area contributed by atoms with E-state index < -0.39 is 5.91 Å². The van der Waals surface area contributed by atoms with Crippen LogP contribution in [-0.2, 0) is 4.79 Å². The van der Waals surface area contributed by atoms with E-state index in [1.54, 1.807) is 0 Å². The van der Waals surface area contributed by atoms with Crippen LogP contribution in [-0.4, -0.2) is 30.7 Å². The second-order valence-electron chi connectivity index (χ2n) is 1.18. The summed E-state index contributed by atoms with van der Waals surface area (Å²) in [5.74, 6) is -0.468. The van der Waals surface area contributed by atoms with Gasteiger partial charge in [-0.05, 0) is 0 Å². The molecule has 0 aliphatic rings. The smallest absolute Gasteiger partial charge is 0.231 e. The Morgan fingerprint density at radius 2 is 1.67 bits per heavy atom. The van der Waals surface area contributed by atoms with Gasteiger partial charge < -0.3 is 22.3 Å². The van der Waals surface area contributed by atoms with E-state index in [4.69, 9.17) is 16.6 Å². The predicted molar refractivity (Wildman–Crippen MR) is 34.4 cm³/mol. The van der Waals surface area contributed by atoms with Crippen molar-refractivity contribution in [3.63, 3.8) is 0 Å². The number of aliphatic hydroxyl groups excluding tert-OH is 1. The first-order chi connectivity index (χ1) is 4.18. The van der Waals surface area contributed by atoms with E-state index in [9.17, 15) is 4.79 Å². The molecule has 0 aromatic heterocycles. The molecule has 9 heavy (non-hydrogen) atoms. The van der Waals surface area contributed by atoms with Gasteiger partial charge in [-0.15, -0.1) is 0 Å². The van der Waals surface area contributed by atoms with Crippen LogP contribution in [0.2, 0.25) is 0 Å². The monoisotopic (exact) mass is 135 g/mol. The Morgan fingerprint density at radius 3 is 1.67 bits per heavy atom. The Labute approximate surface area is 53.8 Å². The van der Waals surface area contributed by atoms with E-state index in [1.165, 1.54) is 0 Å². The van der Waals surface area contributed by atoms with Gasteiger partial charge >= 0.3 is 0 Å². The summed E-state index contributed by atoms with van der Waals surface area (Å²) in [4.78, 5) is 9.47. The third-order valence-electron chi connectivity index (χ3n) is 0.330. The molecule has 0 saturated heterocycles. The Kier molecular flexibility index (Phi) is 12.9. The summed E-state index contributed by atoms with van der Waals surface area (Å²) in [6, 6.07) is 0. The van der Waals surface area contributed by atoms with Crippen molar-refractivity contribution in [3.8, 4) is 0 Å². The van der Waals surface area contributed by atoms with Crippen LogP contribution >= 0.6 is 0 Å². The van der Waals surface area contributed by atoms with Crippen molar-refractivity contribution in [2.24, 2.45) is 17.2 Å². The van der Waals surface area contributed by atoms with Crippen molar-refractivity contribution < 1.29 is 9.90 Å². The van der Waals surface area contributed by atoms with Crippen molar-refractivity contribution in [1.82, 2.24) is 0 Å². The summed E-state index contributed by atoms with van der Waals surface area (Å²) >= 11 is 0. The zero-order chi connectivity index (χ0) is 7.70.